The molecule has 2 amide bonds. The molecule has 0 aliphatic rings. The minimum absolute atomic E-state index is 0.0628. The Morgan fingerprint density at radius 1 is 0.968 bits per heavy atom. The van der Waals surface area contributed by atoms with Crippen molar-refractivity contribution < 1.29 is 18.4 Å². The Morgan fingerprint density at radius 2 is 1.68 bits per heavy atom. The van der Waals surface area contributed by atoms with Crippen LogP contribution in [0.4, 0.5) is 4.39 Å². The molecule has 0 fully saturated rings. The molecule has 0 spiro atoms. The number of furan rings is 1. The van der Waals surface area contributed by atoms with Crippen molar-refractivity contribution in [3.05, 3.63) is 95.2 Å². The molecule has 3 aromatic rings. The molecule has 6 heteroatoms. The lowest BCUT2D eigenvalue weighted by molar-refractivity contribution is -0.133. The van der Waals surface area contributed by atoms with Gasteiger partial charge in [-0.3, -0.25) is 9.59 Å². The average Bonchev–Trinajstić information content (AvgIpc) is 3.26. The van der Waals surface area contributed by atoms with Gasteiger partial charge in [-0.15, -0.1) is 0 Å². The lowest BCUT2D eigenvalue weighted by atomic mass is 10.1. The molecule has 5 nitrogen and oxygen atoms in total. The normalized spacial score (nSPS) is 10.9. The maximum absolute atomic E-state index is 13.3. The third kappa shape index (κ3) is 5.81. The first-order chi connectivity index (χ1) is 14.8. The van der Waals surface area contributed by atoms with Crippen LogP contribution < -0.4 is 0 Å². The van der Waals surface area contributed by atoms with Crippen LogP contribution in [-0.2, 0) is 17.9 Å². The zero-order valence-electron chi connectivity index (χ0n) is 18.0. The predicted molar refractivity (Wildman–Crippen MR) is 117 cm³/mol. The summed E-state index contributed by atoms with van der Waals surface area (Å²) < 4.78 is 18.7. The fourth-order valence-electron chi connectivity index (χ4n) is 3.34. The first-order valence-corrected chi connectivity index (χ1v) is 10.3. The minimum atomic E-state index is -0.331. The van der Waals surface area contributed by atoms with Gasteiger partial charge in [-0.25, -0.2) is 4.39 Å². The lowest BCUT2D eigenvalue weighted by Gasteiger charge is -2.30. The highest BCUT2D eigenvalue weighted by Crippen LogP contribution is 2.16. The van der Waals surface area contributed by atoms with Crippen LogP contribution in [0.3, 0.4) is 0 Å². The Morgan fingerprint density at radius 3 is 2.29 bits per heavy atom. The highest BCUT2D eigenvalue weighted by atomic mass is 19.1. The van der Waals surface area contributed by atoms with Gasteiger partial charge in [-0.1, -0.05) is 30.3 Å². The largest absolute Gasteiger partial charge is 0.467 e. The monoisotopic (exact) mass is 422 g/mol. The van der Waals surface area contributed by atoms with E-state index >= 15 is 0 Å². The number of rotatable bonds is 8. The van der Waals surface area contributed by atoms with E-state index in [-0.39, 0.29) is 43.3 Å². The van der Waals surface area contributed by atoms with Crippen LogP contribution >= 0.6 is 0 Å². The van der Waals surface area contributed by atoms with Crippen LogP contribution in [-0.4, -0.2) is 34.2 Å². The van der Waals surface area contributed by atoms with E-state index < -0.39 is 0 Å². The minimum Gasteiger partial charge on any atom is -0.467 e. The van der Waals surface area contributed by atoms with Gasteiger partial charge in [0.1, 0.15) is 18.1 Å². The highest BCUT2D eigenvalue weighted by Gasteiger charge is 2.26. The topological polar surface area (TPSA) is 53.8 Å². The van der Waals surface area contributed by atoms with E-state index in [1.807, 2.05) is 39.0 Å². The number of benzene rings is 2. The molecule has 3 rings (SSSR count). The molecular weight excluding hydrogens is 395 g/mol. The van der Waals surface area contributed by atoms with Gasteiger partial charge in [0.2, 0.25) is 5.91 Å². The SMILES string of the molecule is Cc1ccccc1C(=O)N(CC(=O)N(Cc1ccc(F)cc1)Cc1ccco1)C(C)C. The van der Waals surface area contributed by atoms with Crippen molar-refractivity contribution in [3.8, 4) is 0 Å². The number of carbonyl (C=O) groups is 2. The van der Waals surface area contributed by atoms with Gasteiger partial charge in [0.15, 0.2) is 0 Å². The maximum atomic E-state index is 13.3. The molecule has 0 unspecified atom stereocenters. The second kappa shape index (κ2) is 10.1. The van der Waals surface area contributed by atoms with Gasteiger partial charge in [-0.2, -0.15) is 0 Å². The van der Waals surface area contributed by atoms with Crippen molar-refractivity contribution in [3.63, 3.8) is 0 Å². The van der Waals surface area contributed by atoms with Gasteiger partial charge >= 0.3 is 0 Å². The van der Waals surface area contributed by atoms with Crippen LogP contribution in [0, 0.1) is 12.7 Å². The number of hydrogen-bond donors (Lipinski definition) is 0. The molecule has 1 heterocycles. The molecule has 0 atom stereocenters. The second-order valence-electron chi connectivity index (χ2n) is 7.80. The molecule has 0 aliphatic heterocycles. The predicted octanol–water partition coefficient (Wildman–Crippen LogP) is 4.81. The smallest absolute Gasteiger partial charge is 0.254 e. The summed E-state index contributed by atoms with van der Waals surface area (Å²) in [5.41, 5.74) is 2.24. The summed E-state index contributed by atoms with van der Waals surface area (Å²) in [6.07, 6.45) is 1.55. The van der Waals surface area contributed by atoms with Gasteiger partial charge in [0.05, 0.1) is 12.8 Å². The fourth-order valence-corrected chi connectivity index (χ4v) is 3.34. The van der Waals surface area contributed by atoms with E-state index in [0.717, 1.165) is 11.1 Å². The maximum Gasteiger partial charge on any atom is 0.254 e. The summed E-state index contributed by atoms with van der Waals surface area (Å²) in [7, 11) is 0. The number of carbonyl (C=O) groups excluding carboxylic acids is 2. The first kappa shape index (κ1) is 22.3. The molecule has 0 N–H and O–H groups in total. The molecule has 0 saturated carbocycles. The summed E-state index contributed by atoms with van der Waals surface area (Å²) >= 11 is 0. The van der Waals surface area contributed by atoms with Crippen LogP contribution in [0.15, 0.2) is 71.3 Å². The zero-order valence-corrected chi connectivity index (χ0v) is 18.0. The standard InChI is InChI=1S/C25H27FN2O3/c1-18(2)28(25(30)23-9-5-4-7-19(23)3)17-24(29)27(16-22-8-6-14-31-22)15-20-10-12-21(26)13-11-20/h4-14,18H,15-17H2,1-3H3. The Balaban J connectivity index is 1.81. The molecule has 0 aliphatic carbocycles. The van der Waals surface area contributed by atoms with Crippen molar-refractivity contribution in [2.24, 2.45) is 0 Å². The van der Waals surface area contributed by atoms with Crippen molar-refractivity contribution in [2.45, 2.75) is 39.9 Å². The Kier molecular flexibility index (Phi) is 7.23. The van der Waals surface area contributed by atoms with E-state index in [9.17, 15) is 14.0 Å². The van der Waals surface area contributed by atoms with Crippen LogP contribution in [0.5, 0.6) is 0 Å². The summed E-state index contributed by atoms with van der Waals surface area (Å²) in [4.78, 5) is 29.7. The molecule has 0 saturated heterocycles. The van der Waals surface area contributed by atoms with E-state index in [4.69, 9.17) is 4.42 Å². The molecule has 1 aromatic heterocycles. The number of aryl methyl sites for hydroxylation is 1. The quantitative estimate of drug-likeness (QED) is 0.524. The van der Waals surface area contributed by atoms with E-state index in [2.05, 4.69) is 0 Å². The molecule has 31 heavy (non-hydrogen) atoms. The van der Waals surface area contributed by atoms with Gasteiger partial charge in [0.25, 0.3) is 5.91 Å². The van der Waals surface area contributed by atoms with E-state index in [0.29, 0.717) is 11.3 Å². The fraction of sp³-hybridized carbons (Fsp3) is 0.280. The average molecular weight is 423 g/mol. The van der Waals surface area contributed by atoms with Crippen molar-refractivity contribution in [2.75, 3.05) is 6.54 Å². The Labute approximate surface area is 182 Å². The van der Waals surface area contributed by atoms with Crippen molar-refractivity contribution in [1.82, 2.24) is 9.80 Å². The second-order valence-corrected chi connectivity index (χ2v) is 7.80. The third-order valence-corrected chi connectivity index (χ3v) is 5.13. The first-order valence-electron chi connectivity index (χ1n) is 10.3. The van der Waals surface area contributed by atoms with E-state index in [1.165, 1.54) is 12.1 Å². The van der Waals surface area contributed by atoms with Crippen LogP contribution in [0.2, 0.25) is 0 Å². The highest BCUT2D eigenvalue weighted by molar-refractivity contribution is 5.97. The Hall–Kier alpha value is -3.41. The summed E-state index contributed by atoms with van der Waals surface area (Å²) in [5, 5.41) is 0. The van der Waals surface area contributed by atoms with Crippen LogP contribution in [0.25, 0.3) is 0 Å². The molecular formula is C25H27FN2O3. The van der Waals surface area contributed by atoms with Gasteiger partial charge < -0.3 is 14.2 Å². The summed E-state index contributed by atoms with van der Waals surface area (Å²) in [5.74, 6) is -0.0863. The molecule has 2 aromatic carbocycles. The van der Waals surface area contributed by atoms with E-state index in [1.54, 1.807) is 46.4 Å². The Bertz CT molecular complexity index is 1010. The summed E-state index contributed by atoms with van der Waals surface area (Å²) in [6.45, 7) is 6.14. The number of amides is 2. The number of nitrogens with zero attached hydrogens (tertiary/aromatic N) is 2. The van der Waals surface area contributed by atoms with Crippen molar-refractivity contribution >= 4 is 11.8 Å². The zero-order chi connectivity index (χ0) is 22.4. The van der Waals surface area contributed by atoms with Crippen molar-refractivity contribution in [1.29, 1.82) is 0 Å². The molecule has 0 bridgehead atoms. The third-order valence-electron chi connectivity index (χ3n) is 5.13. The van der Waals surface area contributed by atoms with Crippen LogP contribution in [0.1, 0.15) is 41.1 Å². The number of halogens is 1. The number of hydrogen-bond acceptors (Lipinski definition) is 3. The van der Waals surface area contributed by atoms with Gasteiger partial charge in [-0.05, 0) is 62.2 Å². The summed E-state index contributed by atoms with van der Waals surface area (Å²) in [6, 6.07) is 16.8. The molecule has 162 valence electrons. The van der Waals surface area contributed by atoms with Gasteiger partial charge in [0, 0.05) is 18.2 Å². The molecule has 0 radical (unpaired) electrons. The lowest BCUT2D eigenvalue weighted by Crippen LogP contribution is -2.45.